The molecule has 7 heteroatoms. The number of aromatic nitrogens is 1. The summed E-state index contributed by atoms with van der Waals surface area (Å²) in [4.78, 5) is 29.8. The van der Waals surface area contributed by atoms with E-state index >= 15 is 0 Å². The number of pyridine rings is 1. The molecule has 1 aromatic rings. The van der Waals surface area contributed by atoms with Gasteiger partial charge in [-0.15, -0.1) is 12.4 Å². The second kappa shape index (κ2) is 10.1. The summed E-state index contributed by atoms with van der Waals surface area (Å²) in [5.41, 5.74) is 2.60. The molecule has 0 aliphatic carbocycles. The van der Waals surface area contributed by atoms with Crippen molar-refractivity contribution in [1.29, 1.82) is 0 Å². The average Bonchev–Trinajstić information content (AvgIpc) is 2.96. The second-order valence-electron chi connectivity index (χ2n) is 7.42. The van der Waals surface area contributed by atoms with Gasteiger partial charge in [0.25, 0.3) is 0 Å². The normalized spacial score (nSPS) is 20.2. The van der Waals surface area contributed by atoms with Crippen molar-refractivity contribution in [3.63, 3.8) is 0 Å². The van der Waals surface area contributed by atoms with Crippen LogP contribution in [0.4, 0.5) is 0 Å². The SMILES string of the molecule is COCCC(=O)N[C@H]1CN(Cc2[nH]cc(C)c(=O)c2C)C[C@@H]1C(C)C.Cl. The third-order valence-electron chi connectivity index (χ3n) is 5.17. The molecule has 1 fully saturated rings. The molecule has 148 valence electrons. The van der Waals surface area contributed by atoms with Crippen LogP contribution < -0.4 is 10.7 Å². The molecule has 2 N–H and O–H groups in total. The fourth-order valence-electron chi connectivity index (χ4n) is 3.53. The van der Waals surface area contributed by atoms with E-state index in [2.05, 4.69) is 29.0 Å². The van der Waals surface area contributed by atoms with Crippen molar-refractivity contribution >= 4 is 18.3 Å². The van der Waals surface area contributed by atoms with Gasteiger partial charge < -0.3 is 15.0 Å². The number of methoxy groups -OCH3 is 1. The summed E-state index contributed by atoms with van der Waals surface area (Å²) in [6, 6.07) is 0.141. The van der Waals surface area contributed by atoms with Gasteiger partial charge in [-0.3, -0.25) is 14.5 Å². The Hall–Kier alpha value is -1.37. The van der Waals surface area contributed by atoms with Crippen LogP contribution in [0, 0.1) is 25.7 Å². The van der Waals surface area contributed by atoms with Crippen molar-refractivity contribution in [2.75, 3.05) is 26.8 Å². The summed E-state index contributed by atoms with van der Waals surface area (Å²) in [6.07, 6.45) is 2.17. The third kappa shape index (κ3) is 5.56. The lowest BCUT2D eigenvalue weighted by molar-refractivity contribution is -0.122. The van der Waals surface area contributed by atoms with E-state index in [1.165, 1.54) is 0 Å². The molecule has 1 aliphatic heterocycles. The van der Waals surface area contributed by atoms with Gasteiger partial charge in [0.15, 0.2) is 5.43 Å². The lowest BCUT2D eigenvalue weighted by atomic mass is 9.91. The van der Waals surface area contributed by atoms with Gasteiger partial charge in [-0.25, -0.2) is 0 Å². The van der Waals surface area contributed by atoms with Crippen LogP contribution in [0.2, 0.25) is 0 Å². The Labute approximate surface area is 162 Å². The first kappa shape index (κ1) is 22.7. The standard InChI is InChI=1S/C19H31N3O3.ClH/c1-12(2)15-9-22(11-17(15)21-18(23)6-7-25-5)10-16-14(4)19(24)13(3)8-20-16;/h8,12,15,17H,6-7,9-11H2,1-5H3,(H,20,24)(H,21,23);1H/t15-,17+;/m1./s1. The van der Waals surface area contributed by atoms with Gasteiger partial charge in [-0.05, 0) is 25.7 Å². The minimum Gasteiger partial charge on any atom is -0.384 e. The fraction of sp³-hybridized carbons (Fsp3) is 0.684. The number of hydrogen-bond donors (Lipinski definition) is 2. The zero-order valence-electron chi connectivity index (χ0n) is 16.4. The predicted molar refractivity (Wildman–Crippen MR) is 106 cm³/mol. The molecule has 2 rings (SSSR count). The smallest absolute Gasteiger partial charge is 0.222 e. The number of H-pyrrole nitrogens is 1. The molecule has 2 heterocycles. The Bertz CT molecular complexity index is 660. The number of likely N-dealkylation sites (tertiary alicyclic amines) is 1. The zero-order chi connectivity index (χ0) is 18.6. The maximum atomic E-state index is 12.1. The molecule has 26 heavy (non-hydrogen) atoms. The van der Waals surface area contributed by atoms with Crippen molar-refractivity contribution in [3.05, 3.63) is 33.2 Å². The van der Waals surface area contributed by atoms with Crippen LogP contribution in [-0.2, 0) is 16.1 Å². The van der Waals surface area contributed by atoms with Crippen molar-refractivity contribution in [2.24, 2.45) is 11.8 Å². The molecule has 1 aliphatic rings. The van der Waals surface area contributed by atoms with Gasteiger partial charge in [-0.2, -0.15) is 0 Å². The third-order valence-corrected chi connectivity index (χ3v) is 5.17. The first-order chi connectivity index (χ1) is 11.8. The van der Waals surface area contributed by atoms with Crippen LogP contribution >= 0.6 is 12.4 Å². The van der Waals surface area contributed by atoms with E-state index in [-0.39, 0.29) is 29.8 Å². The number of carbonyl (C=O) groups is 1. The molecule has 0 radical (unpaired) electrons. The van der Waals surface area contributed by atoms with Crippen molar-refractivity contribution < 1.29 is 9.53 Å². The summed E-state index contributed by atoms with van der Waals surface area (Å²) >= 11 is 0. The topological polar surface area (TPSA) is 74.4 Å². The van der Waals surface area contributed by atoms with Crippen LogP contribution in [0.1, 0.15) is 37.1 Å². The van der Waals surface area contributed by atoms with Crippen LogP contribution in [0.15, 0.2) is 11.0 Å². The van der Waals surface area contributed by atoms with E-state index in [1.807, 2.05) is 13.8 Å². The molecule has 1 saturated heterocycles. The molecule has 0 aromatic carbocycles. The maximum Gasteiger partial charge on any atom is 0.222 e. The van der Waals surface area contributed by atoms with Crippen LogP contribution in [0.3, 0.4) is 0 Å². The molecule has 2 atom stereocenters. The molecular weight excluding hydrogens is 354 g/mol. The average molecular weight is 386 g/mol. The lowest BCUT2D eigenvalue weighted by Gasteiger charge is -2.22. The lowest BCUT2D eigenvalue weighted by Crippen LogP contribution is -2.42. The molecule has 6 nitrogen and oxygen atoms in total. The number of ether oxygens (including phenoxy) is 1. The largest absolute Gasteiger partial charge is 0.384 e. The number of carbonyl (C=O) groups excluding carboxylic acids is 1. The van der Waals surface area contributed by atoms with E-state index in [9.17, 15) is 9.59 Å². The number of nitrogens with one attached hydrogen (secondary N) is 2. The number of amides is 1. The van der Waals surface area contributed by atoms with Crippen molar-refractivity contribution in [3.8, 4) is 0 Å². The minimum atomic E-state index is 0. The maximum absolute atomic E-state index is 12.1. The quantitative estimate of drug-likeness (QED) is 0.753. The minimum absolute atomic E-state index is 0. The highest BCUT2D eigenvalue weighted by molar-refractivity contribution is 5.85. The van der Waals surface area contributed by atoms with Gasteiger partial charge in [0.2, 0.25) is 5.91 Å². The zero-order valence-corrected chi connectivity index (χ0v) is 17.2. The van der Waals surface area contributed by atoms with Crippen molar-refractivity contribution in [1.82, 2.24) is 15.2 Å². The monoisotopic (exact) mass is 385 g/mol. The van der Waals surface area contributed by atoms with Gasteiger partial charge in [0.05, 0.1) is 6.61 Å². The Morgan fingerprint density at radius 3 is 2.69 bits per heavy atom. The number of nitrogens with zero attached hydrogens (tertiary/aromatic N) is 1. The van der Waals surface area contributed by atoms with Crippen molar-refractivity contribution in [2.45, 2.75) is 46.7 Å². The summed E-state index contributed by atoms with van der Waals surface area (Å²) in [7, 11) is 1.60. The second-order valence-corrected chi connectivity index (χ2v) is 7.42. The fourth-order valence-corrected chi connectivity index (χ4v) is 3.53. The van der Waals surface area contributed by atoms with E-state index in [4.69, 9.17) is 4.74 Å². The molecular formula is C19H32ClN3O3. The molecule has 0 bridgehead atoms. The highest BCUT2D eigenvalue weighted by Crippen LogP contribution is 2.26. The van der Waals surface area contributed by atoms with Gasteiger partial charge in [0.1, 0.15) is 0 Å². The Morgan fingerprint density at radius 2 is 2.08 bits per heavy atom. The Morgan fingerprint density at radius 1 is 1.38 bits per heavy atom. The number of rotatable bonds is 7. The predicted octanol–water partition coefficient (Wildman–Crippen LogP) is 2.02. The summed E-state index contributed by atoms with van der Waals surface area (Å²) in [6.45, 7) is 11.0. The number of aromatic amines is 1. The first-order valence-corrected chi connectivity index (χ1v) is 9.01. The van der Waals surface area contributed by atoms with E-state index < -0.39 is 0 Å². The summed E-state index contributed by atoms with van der Waals surface area (Å²) in [5.74, 6) is 0.930. The van der Waals surface area contributed by atoms with E-state index in [0.717, 1.165) is 29.9 Å². The Balaban J connectivity index is 0.00000338. The first-order valence-electron chi connectivity index (χ1n) is 9.01. The molecule has 1 aromatic heterocycles. The van der Waals surface area contributed by atoms with E-state index in [0.29, 0.717) is 31.4 Å². The highest BCUT2D eigenvalue weighted by Gasteiger charge is 2.35. The molecule has 1 amide bonds. The summed E-state index contributed by atoms with van der Waals surface area (Å²) in [5, 5.41) is 3.16. The molecule has 0 spiro atoms. The van der Waals surface area contributed by atoms with Crippen LogP contribution in [0.5, 0.6) is 0 Å². The number of aryl methyl sites for hydroxylation is 1. The van der Waals surface area contributed by atoms with Gasteiger partial charge >= 0.3 is 0 Å². The summed E-state index contributed by atoms with van der Waals surface area (Å²) < 4.78 is 4.98. The van der Waals surface area contributed by atoms with Crippen LogP contribution in [-0.4, -0.2) is 48.6 Å². The number of halogens is 1. The van der Waals surface area contributed by atoms with Crippen LogP contribution in [0.25, 0.3) is 0 Å². The highest BCUT2D eigenvalue weighted by atomic mass is 35.5. The number of hydrogen-bond acceptors (Lipinski definition) is 4. The van der Waals surface area contributed by atoms with Gasteiger partial charge in [0, 0.05) is 62.2 Å². The molecule has 0 saturated carbocycles. The Kier molecular flexibility index (Phi) is 8.80. The molecule has 0 unspecified atom stereocenters. The van der Waals surface area contributed by atoms with Gasteiger partial charge in [-0.1, -0.05) is 13.8 Å². The van der Waals surface area contributed by atoms with E-state index in [1.54, 1.807) is 13.3 Å².